The fourth-order valence-corrected chi connectivity index (χ4v) is 3.61. The number of nitrogens with two attached hydrogens (primary N) is 2. The number of carbonyl (C=O) groups is 3. The van der Waals surface area contributed by atoms with Crippen molar-refractivity contribution in [2.24, 2.45) is 11.5 Å². The van der Waals surface area contributed by atoms with Crippen molar-refractivity contribution >= 4 is 23.6 Å². The number of nitrogens with zero attached hydrogens (tertiary/aromatic N) is 1. The minimum absolute atomic E-state index is 0.125. The Hall–Kier alpha value is -4.03. The van der Waals surface area contributed by atoms with E-state index in [9.17, 15) is 18.8 Å². The quantitative estimate of drug-likeness (QED) is 0.0953. The van der Waals surface area contributed by atoms with E-state index in [1.807, 2.05) is 58.9 Å². The number of hydrogen-bond donors (Lipinski definition) is 6. The Kier molecular flexibility index (Phi) is 21.3. The Labute approximate surface area is 261 Å². The lowest BCUT2D eigenvalue weighted by Gasteiger charge is -2.24. The molecule has 1 atom stereocenters. The third-order valence-electron chi connectivity index (χ3n) is 6.03. The summed E-state index contributed by atoms with van der Waals surface area (Å²) >= 11 is 0. The second-order valence-corrected chi connectivity index (χ2v) is 9.80. The van der Waals surface area contributed by atoms with Gasteiger partial charge in [0.25, 0.3) is 0 Å². The molecule has 0 aliphatic carbocycles. The molecular formula is C32H52FN7O4. The van der Waals surface area contributed by atoms with Crippen LogP contribution in [0, 0.1) is 25.1 Å². The first-order chi connectivity index (χ1) is 21.0. The number of aryl methyl sites for hydroxylation is 2. The van der Waals surface area contributed by atoms with Crippen LogP contribution >= 0.6 is 0 Å². The van der Waals surface area contributed by atoms with Crippen LogP contribution in [0.25, 0.3) is 0 Å². The number of benzene rings is 2. The Morgan fingerprint density at radius 1 is 1.02 bits per heavy atom. The molecule has 0 heterocycles. The van der Waals surface area contributed by atoms with Crippen LogP contribution < -0.4 is 32.2 Å². The fourth-order valence-electron chi connectivity index (χ4n) is 3.61. The maximum absolute atomic E-state index is 13.4. The van der Waals surface area contributed by atoms with Crippen LogP contribution in [0.1, 0.15) is 56.7 Å². The molecule has 12 heteroatoms. The average Bonchev–Trinajstić information content (AvgIpc) is 3.01. The van der Waals surface area contributed by atoms with Crippen LogP contribution in [0.5, 0.6) is 5.75 Å². The van der Waals surface area contributed by atoms with Crippen molar-refractivity contribution in [2.45, 2.75) is 59.9 Å². The number of amidine groups is 1. The lowest BCUT2D eigenvalue weighted by atomic mass is 10.1. The third kappa shape index (κ3) is 17.2. The van der Waals surface area contributed by atoms with E-state index < -0.39 is 11.9 Å². The second kappa shape index (κ2) is 23.4. The van der Waals surface area contributed by atoms with Crippen LogP contribution in [0.3, 0.4) is 0 Å². The predicted octanol–water partition coefficient (Wildman–Crippen LogP) is 2.62. The molecule has 1 unspecified atom stereocenters. The van der Waals surface area contributed by atoms with Crippen LogP contribution in [0.15, 0.2) is 42.5 Å². The summed E-state index contributed by atoms with van der Waals surface area (Å²) in [5, 5.41) is 15.4. The molecule has 0 aliphatic rings. The molecule has 0 aromatic heterocycles. The highest BCUT2D eigenvalue weighted by Gasteiger charge is 2.23. The molecule has 0 bridgehead atoms. The highest BCUT2D eigenvalue weighted by Crippen LogP contribution is 2.18. The Bertz CT molecular complexity index is 1150. The van der Waals surface area contributed by atoms with E-state index in [0.29, 0.717) is 38.2 Å². The van der Waals surface area contributed by atoms with Gasteiger partial charge in [-0.25, -0.2) is 4.39 Å². The van der Waals surface area contributed by atoms with Gasteiger partial charge in [-0.3, -0.25) is 19.8 Å². The minimum Gasteiger partial charge on any atom is -0.492 e. The molecular weight excluding hydrogens is 565 g/mol. The van der Waals surface area contributed by atoms with Gasteiger partial charge in [0.1, 0.15) is 24.0 Å². The van der Waals surface area contributed by atoms with Gasteiger partial charge in [0, 0.05) is 31.8 Å². The maximum atomic E-state index is 13.4. The molecule has 8 N–H and O–H groups in total. The molecule has 2 aromatic rings. The zero-order valence-corrected chi connectivity index (χ0v) is 27.1. The van der Waals surface area contributed by atoms with Crippen molar-refractivity contribution in [1.29, 1.82) is 5.41 Å². The van der Waals surface area contributed by atoms with Crippen LogP contribution in [-0.2, 0) is 14.4 Å². The van der Waals surface area contributed by atoms with Crippen LogP contribution in [0.4, 0.5) is 4.39 Å². The number of nitrogens with one attached hydrogen (secondary N) is 4. The van der Waals surface area contributed by atoms with Crippen molar-refractivity contribution in [3.05, 3.63) is 65.0 Å². The van der Waals surface area contributed by atoms with E-state index in [4.69, 9.17) is 21.6 Å². The SMILES string of the molecule is CC.CCCNC(=O)CNC(=O)CN(C)C(=O)C(CCCN)NCCOc1cc(F)ccc1C.Cc1ccc(C(=N)N)cc1. The van der Waals surface area contributed by atoms with Crippen molar-refractivity contribution in [3.8, 4) is 5.75 Å². The summed E-state index contributed by atoms with van der Waals surface area (Å²) < 4.78 is 19.0. The number of likely N-dealkylation sites (N-methyl/N-ethyl adjacent to an activating group) is 1. The van der Waals surface area contributed by atoms with Crippen LogP contribution in [-0.4, -0.2) is 80.9 Å². The van der Waals surface area contributed by atoms with Gasteiger partial charge in [0.05, 0.1) is 19.1 Å². The van der Waals surface area contributed by atoms with Gasteiger partial charge in [-0.1, -0.05) is 56.7 Å². The second-order valence-electron chi connectivity index (χ2n) is 9.80. The van der Waals surface area contributed by atoms with Gasteiger partial charge in [-0.05, 0) is 51.3 Å². The van der Waals surface area contributed by atoms with Gasteiger partial charge in [-0.15, -0.1) is 0 Å². The first-order valence-electron chi connectivity index (χ1n) is 15.0. The molecule has 0 saturated carbocycles. The number of carbonyl (C=O) groups excluding carboxylic acids is 3. The Morgan fingerprint density at radius 2 is 1.68 bits per heavy atom. The Morgan fingerprint density at radius 3 is 2.27 bits per heavy atom. The standard InChI is InChI=1S/C22H36FN5O4.C8H10N2.C2H6/c1-4-10-26-20(29)14-27-21(30)15-28(3)22(31)18(6-5-9-24)25-11-12-32-19-13-17(23)8-7-16(19)2;1-6-2-4-7(5-3-6)8(9)10;1-2/h7-8,13,18,25H,4-6,9-12,14-15,24H2,1-3H3,(H,26,29)(H,27,30);2-5H,1H3,(H3,9,10);1-2H3. The molecule has 246 valence electrons. The van der Waals surface area contributed by atoms with Gasteiger partial charge < -0.3 is 37.1 Å². The van der Waals surface area contributed by atoms with E-state index in [0.717, 1.165) is 17.5 Å². The van der Waals surface area contributed by atoms with E-state index in [2.05, 4.69) is 16.0 Å². The lowest BCUT2D eigenvalue weighted by molar-refractivity contribution is -0.136. The molecule has 44 heavy (non-hydrogen) atoms. The third-order valence-corrected chi connectivity index (χ3v) is 6.03. The maximum Gasteiger partial charge on any atom is 0.240 e. The topological polar surface area (TPSA) is 176 Å². The highest BCUT2D eigenvalue weighted by molar-refractivity contribution is 5.94. The highest BCUT2D eigenvalue weighted by atomic mass is 19.1. The van der Waals surface area contributed by atoms with Crippen molar-refractivity contribution < 1.29 is 23.5 Å². The molecule has 0 aliphatic heterocycles. The molecule has 2 aromatic carbocycles. The monoisotopic (exact) mass is 617 g/mol. The fraction of sp³-hybridized carbons (Fsp3) is 0.500. The van der Waals surface area contributed by atoms with E-state index >= 15 is 0 Å². The zero-order valence-electron chi connectivity index (χ0n) is 27.1. The number of nitrogen functional groups attached to an aromatic ring is 1. The number of amides is 3. The zero-order chi connectivity index (χ0) is 33.5. The largest absolute Gasteiger partial charge is 0.492 e. The van der Waals surface area contributed by atoms with Crippen molar-refractivity contribution in [1.82, 2.24) is 20.9 Å². The summed E-state index contributed by atoms with van der Waals surface area (Å²) in [6, 6.07) is 11.4. The lowest BCUT2D eigenvalue weighted by Crippen LogP contribution is -2.49. The summed E-state index contributed by atoms with van der Waals surface area (Å²) in [5.41, 5.74) is 13.6. The van der Waals surface area contributed by atoms with E-state index in [1.165, 1.54) is 29.6 Å². The predicted molar refractivity (Wildman–Crippen MR) is 174 cm³/mol. The smallest absolute Gasteiger partial charge is 0.240 e. The normalized spacial score (nSPS) is 10.6. The first-order valence-corrected chi connectivity index (χ1v) is 15.0. The van der Waals surface area contributed by atoms with Gasteiger partial charge in [0.2, 0.25) is 17.7 Å². The van der Waals surface area contributed by atoms with Gasteiger partial charge in [-0.2, -0.15) is 0 Å². The van der Waals surface area contributed by atoms with Crippen LogP contribution in [0.2, 0.25) is 0 Å². The van der Waals surface area contributed by atoms with Gasteiger partial charge in [0.15, 0.2) is 0 Å². The summed E-state index contributed by atoms with van der Waals surface area (Å²) in [7, 11) is 1.53. The molecule has 0 saturated heterocycles. The summed E-state index contributed by atoms with van der Waals surface area (Å²) in [6.45, 7) is 11.0. The number of rotatable bonds is 16. The summed E-state index contributed by atoms with van der Waals surface area (Å²) in [5.74, 6) is -0.753. The molecule has 0 fully saturated rings. The minimum atomic E-state index is -0.540. The molecule has 2 rings (SSSR count). The van der Waals surface area contributed by atoms with E-state index in [-0.39, 0.29) is 43.2 Å². The summed E-state index contributed by atoms with van der Waals surface area (Å²) in [4.78, 5) is 37.8. The molecule has 11 nitrogen and oxygen atoms in total. The van der Waals surface area contributed by atoms with Crippen molar-refractivity contribution in [2.75, 3.05) is 46.4 Å². The molecule has 0 spiro atoms. The summed E-state index contributed by atoms with van der Waals surface area (Å²) in [6.07, 6.45) is 1.94. The first kappa shape index (κ1) is 40.0. The molecule has 0 radical (unpaired) electrons. The van der Waals surface area contributed by atoms with Crippen molar-refractivity contribution in [3.63, 3.8) is 0 Å². The van der Waals surface area contributed by atoms with Gasteiger partial charge >= 0.3 is 0 Å². The Balaban J connectivity index is 0.00000128. The average molecular weight is 618 g/mol. The number of hydrogen-bond acceptors (Lipinski definition) is 7. The molecule has 3 amide bonds. The number of ether oxygens (including phenoxy) is 1. The van der Waals surface area contributed by atoms with E-state index in [1.54, 1.807) is 6.07 Å². The number of halogens is 1.